The van der Waals surface area contributed by atoms with Crippen molar-refractivity contribution < 1.29 is 8.42 Å². The van der Waals surface area contributed by atoms with E-state index in [4.69, 9.17) is 0 Å². The van der Waals surface area contributed by atoms with Crippen LogP contribution in [0.4, 0.5) is 0 Å². The molecule has 0 radical (unpaired) electrons. The summed E-state index contributed by atoms with van der Waals surface area (Å²) in [5.74, 6) is 1.35. The van der Waals surface area contributed by atoms with E-state index in [2.05, 4.69) is 24.3 Å². The molecule has 0 atom stereocenters. The molecular weight excluding hydrogens is 274 g/mol. The number of hydrogen-bond donors (Lipinski definition) is 1. The lowest BCUT2D eigenvalue weighted by Gasteiger charge is -2.33. The minimum absolute atomic E-state index is 0.348. The number of nitrogens with one attached hydrogen (secondary N) is 1. The summed E-state index contributed by atoms with van der Waals surface area (Å²) in [5, 5.41) is 3.29. The van der Waals surface area contributed by atoms with Gasteiger partial charge in [0.05, 0.1) is 5.75 Å². The van der Waals surface area contributed by atoms with Gasteiger partial charge in [-0.3, -0.25) is 0 Å². The second kappa shape index (κ2) is 7.20. The third-order valence-corrected chi connectivity index (χ3v) is 6.54. The fourth-order valence-corrected chi connectivity index (χ4v) is 5.25. The van der Waals surface area contributed by atoms with Crippen LogP contribution >= 0.6 is 0 Å². The SMILES string of the molecule is CN(C)CC1CCN(S(=O)(=O)CC2CCNCC2)CC1. The molecule has 2 aliphatic rings. The van der Waals surface area contributed by atoms with E-state index < -0.39 is 10.0 Å². The molecule has 5 nitrogen and oxygen atoms in total. The molecule has 1 N–H and O–H groups in total. The van der Waals surface area contributed by atoms with Crippen LogP contribution in [0.5, 0.6) is 0 Å². The molecule has 6 heteroatoms. The number of rotatable bonds is 5. The van der Waals surface area contributed by atoms with Crippen molar-refractivity contribution in [2.45, 2.75) is 25.7 Å². The Hall–Kier alpha value is -0.170. The van der Waals surface area contributed by atoms with Gasteiger partial charge in [-0.15, -0.1) is 0 Å². The van der Waals surface area contributed by atoms with E-state index >= 15 is 0 Å². The van der Waals surface area contributed by atoms with Crippen molar-refractivity contribution in [3.05, 3.63) is 0 Å². The van der Waals surface area contributed by atoms with Gasteiger partial charge in [-0.05, 0) is 64.7 Å². The second-order valence-electron chi connectivity index (χ2n) is 6.58. The Balaban J connectivity index is 1.82. The smallest absolute Gasteiger partial charge is 0.214 e. The molecular formula is C14H29N3O2S. The van der Waals surface area contributed by atoms with Crippen molar-refractivity contribution in [2.24, 2.45) is 11.8 Å². The third-order valence-electron chi connectivity index (χ3n) is 4.50. The highest BCUT2D eigenvalue weighted by molar-refractivity contribution is 7.89. The molecule has 0 aromatic rings. The molecule has 0 saturated carbocycles. The van der Waals surface area contributed by atoms with E-state index in [0.717, 1.165) is 45.3 Å². The number of piperidine rings is 2. The molecule has 2 aliphatic heterocycles. The summed E-state index contributed by atoms with van der Waals surface area (Å²) in [4.78, 5) is 2.20. The monoisotopic (exact) mass is 303 g/mol. The number of hydrogen-bond acceptors (Lipinski definition) is 4. The van der Waals surface area contributed by atoms with E-state index in [1.807, 2.05) is 0 Å². The van der Waals surface area contributed by atoms with Gasteiger partial charge in [0, 0.05) is 19.6 Å². The minimum Gasteiger partial charge on any atom is -0.317 e. The van der Waals surface area contributed by atoms with Crippen LogP contribution in [-0.4, -0.2) is 70.2 Å². The molecule has 2 saturated heterocycles. The molecule has 0 bridgehead atoms. The zero-order valence-corrected chi connectivity index (χ0v) is 13.7. The molecule has 0 aromatic carbocycles. The van der Waals surface area contributed by atoms with Gasteiger partial charge in [0.15, 0.2) is 0 Å². The molecule has 0 unspecified atom stereocenters. The van der Waals surface area contributed by atoms with Crippen LogP contribution in [0.1, 0.15) is 25.7 Å². The van der Waals surface area contributed by atoms with Gasteiger partial charge in [-0.1, -0.05) is 0 Å². The van der Waals surface area contributed by atoms with Crippen molar-refractivity contribution in [3.63, 3.8) is 0 Å². The Morgan fingerprint density at radius 3 is 2.20 bits per heavy atom. The maximum atomic E-state index is 12.5. The summed E-state index contributed by atoms with van der Waals surface area (Å²) in [6.45, 7) is 4.43. The lowest BCUT2D eigenvalue weighted by atomic mass is 9.98. The standard InChI is InChI=1S/C14H29N3O2S/c1-16(2)11-13-5-9-17(10-6-13)20(18,19)12-14-3-7-15-8-4-14/h13-15H,3-12H2,1-2H3. The zero-order chi connectivity index (χ0) is 14.6. The van der Waals surface area contributed by atoms with E-state index in [1.54, 1.807) is 4.31 Å². The fourth-order valence-electron chi connectivity index (χ4n) is 3.34. The summed E-state index contributed by atoms with van der Waals surface area (Å²) in [6.07, 6.45) is 4.00. The van der Waals surface area contributed by atoms with Gasteiger partial charge in [-0.25, -0.2) is 12.7 Å². The van der Waals surface area contributed by atoms with Crippen LogP contribution in [0.2, 0.25) is 0 Å². The molecule has 20 heavy (non-hydrogen) atoms. The van der Waals surface area contributed by atoms with Crippen molar-refractivity contribution in [1.82, 2.24) is 14.5 Å². The van der Waals surface area contributed by atoms with Crippen molar-refractivity contribution in [1.29, 1.82) is 0 Å². The van der Waals surface area contributed by atoms with Crippen LogP contribution in [0.25, 0.3) is 0 Å². The molecule has 0 amide bonds. The van der Waals surface area contributed by atoms with E-state index in [0.29, 0.717) is 30.7 Å². The lowest BCUT2D eigenvalue weighted by Crippen LogP contribution is -2.43. The Kier molecular flexibility index (Phi) is 5.84. The number of nitrogens with zero attached hydrogens (tertiary/aromatic N) is 2. The predicted octanol–water partition coefficient (Wildman–Crippen LogP) is 0.589. The van der Waals surface area contributed by atoms with Gasteiger partial charge < -0.3 is 10.2 Å². The normalized spacial score (nSPS) is 24.4. The Labute approximate surface area is 123 Å². The molecule has 0 aromatic heterocycles. The molecule has 2 fully saturated rings. The average molecular weight is 303 g/mol. The first-order valence-electron chi connectivity index (χ1n) is 7.80. The molecule has 0 spiro atoms. The van der Waals surface area contributed by atoms with Crippen LogP contribution < -0.4 is 5.32 Å². The van der Waals surface area contributed by atoms with Crippen LogP contribution in [0.3, 0.4) is 0 Å². The minimum atomic E-state index is -3.04. The highest BCUT2D eigenvalue weighted by Crippen LogP contribution is 2.23. The topological polar surface area (TPSA) is 52.7 Å². The van der Waals surface area contributed by atoms with Gasteiger partial charge >= 0.3 is 0 Å². The summed E-state index contributed by atoms with van der Waals surface area (Å²) >= 11 is 0. The Morgan fingerprint density at radius 2 is 1.65 bits per heavy atom. The summed E-state index contributed by atoms with van der Waals surface area (Å²) in [7, 11) is 1.12. The predicted molar refractivity (Wildman–Crippen MR) is 82.2 cm³/mol. The van der Waals surface area contributed by atoms with Gasteiger partial charge in [0.2, 0.25) is 10.0 Å². The first-order valence-corrected chi connectivity index (χ1v) is 9.41. The maximum Gasteiger partial charge on any atom is 0.214 e. The fraction of sp³-hybridized carbons (Fsp3) is 1.00. The van der Waals surface area contributed by atoms with Crippen molar-refractivity contribution >= 4 is 10.0 Å². The first-order chi connectivity index (χ1) is 9.47. The van der Waals surface area contributed by atoms with Crippen molar-refractivity contribution in [3.8, 4) is 0 Å². The molecule has 2 rings (SSSR count). The molecule has 2 heterocycles. The van der Waals surface area contributed by atoms with E-state index in [1.165, 1.54) is 0 Å². The van der Waals surface area contributed by atoms with Crippen molar-refractivity contribution in [2.75, 3.05) is 52.6 Å². The zero-order valence-electron chi connectivity index (χ0n) is 12.8. The quantitative estimate of drug-likeness (QED) is 0.808. The van der Waals surface area contributed by atoms with Gasteiger partial charge in [0.25, 0.3) is 0 Å². The summed E-state index contributed by atoms with van der Waals surface area (Å²) in [5.41, 5.74) is 0. The highest BCUT2D eigenvalue weighted by atomic mass is 32.2. The Bertz CT molecular complexity index is 383. The Morgan fingerprint density at radius 1 is 1.05 bits per heavy atom. The largest absolute Gasteiger partial charge is 0.317 e. The second-order valence-corrected chi connectivity index (χ2v) is 8.59. The maximum absolute atomic E-state index is 12.5. The third kappa shape index (κ3) is 4.69. The van der Waals surface area contributed by atoms with Gasteiger partial charge in [0.1, 0.15) is 0 Å². The lowest BCUT2D eigenvalue weighted by molar-refractivity contribution is 0.224. The van der Waals surface area contributed by atoms with Crippen LogP contribution in [-0.2, 0) is 10.0 Å². The van der Waals surface area contributed by atoms with Gasteiger partial charge in [-0.2, -0.15) is 0 Å². The van der Waals surface area contributed by atoms with Crippen LogP contribution in [0, 0.1) is 11.8 Å². The number of sulfonamides is 1. The summed E-state index contributed by atoms with van der Waals surface area (Å²) < 4.78 is 26.7. The average Bonchev–Trinajstić information content (AvgIpc) is 2.39. The molecule has 0 aliphatic carbocycles. The first kappa shape index (κ1) is 16.2. The summed E-state index contributed by atoms with van der Waals surface area (Å²) in [6, 6.07) is 0. The van der Waals surface area contributed by atoms with Crippen LogP contribution in [0.15, 0.2) is 0 Å². The highest BCUT2D eigenvalue weighted by Gasteiger charge is 2.30. The van der Waals surface area contributed by atoms with E-state index in [-0.39, 0.29) is 0 Å². The molecule has 118 valence electrons. The van der Waals surface area contributed by atoms with E-state index in [9.17, 15) is 8.42 Å².